The second-order valence-electron chi connectivity index (χ2n) is 8.43. The van der Waals surface area contributed by atoms with Crippen molar-refractivity contribution in [3.63, 3.8) is 0 Å². The molecule has 172 valence electrons. The van der Waals surface area contributed by atoms with Crippen molar-refractivity contribution in [2.45, 2.75) is 50.0 Å². The van der Waals surface area contributed by atoms with E-state index in [1.54, 1.807) is 18.2 Å². The molecule has 1 saturated heterocycles. The molecule has 2 aliphatic rings. The molecule has 4 rings (SSSR count). The molecule has 8 nitrogen and oxygen atoms in total. The van der Waals surface area contributed by atoms with Crippen molar-refractivity contribution in [2.24, 2.45) is 0 Å². The number of aliphatic hydroxyl groups is 1. The minimum atomic E-state index is -3.41. The topological polar surface area (TPSA) is 114 Å². The summed E-state index contributed by atoms with van der Waals surface area (Å²) in [7, 11) is -3.41. The first-order chi connectivity index (χ1) is 15.2. The van der Waals surface area contributed by atoms with E-state index in [-0.39, 0.29) is 37.0 Å². The fourth-order valence-electron chi connectivity index (χ4n) is 4.50. The molecule has 1 fully saturated rings. The Kier molecular flexibility index (Phi) is 6.41. The van der Waals surface area contributed by atoms with Crippen LogP contribution in [0.3, 0.4) is 0 Å². The van der Waals surface area contributed by atoms with Crippen LogP contribution in [-0.2, 0) is 19.6 Å². The molecule has 0 spiro atoms. The summed E-state index contributed by atoms with van der Waals surface area (Å²) in [6.07, 6.45) is 0.443. The van der Waals surface area contributed by atoms with Gasteiger partial charge in [0.1, 0.15) is 18.0 Å². The average Bonchev–Trinajstić information content (AvgIpc) is 3.10. The van der Waals surface area contributed by atoms with Crippen LogP contribution in [0.25, 0.3) is 0 Å². The van der Waals surface area contributed by atoms with E-state index in [0.717, 1.165) is 17.4 Å². The van der Waals surface area contributed by atoms with E-state index >= 15 is 0 Å². The van der Waals surface area contributed by atoms with Gasteiger partial charge in [0.15, 0.2) is 0 Å². The zero-order valence-electron chi connectivity index (χ0n) is 18.0. The molecule has 0 bridgehead atoms. The first kappa shape index (κ1) is 22.6. The van der Waals surface area contributed by atoms with Crippen LogP contribution in [0.1, 0.15) is 42.9 Å². The number of aliphatic hydroxyl groups excluding tert-OH is 1. The summed E-state index contributed by atoms with van der Waals surface area (Å²) in [5, 5.41) is 12.9. The SMILES string of the molecule is C[C@@H](NC(=O)C[C@@H]1C[C@H]2c3cc(NS(C)(=O)=O)ccc3O[C@H]2[C@@H](CO)O1)c1ccccc1. The molecule has 0 radical (unpaired) electrons. The molecule has 2 aromatic rings. The van der Waals surface area contributed by atoms with E-state index in [2.05, 4.69) is 10.0 Å². The van der Waals surface area contributed by atoms with E-state index in [0.29, 0.717) is 17.9 Å². The Labute approximate surface area is 188 Å². The van der Waals surface area contributed by atoms with E-state index in [1.807, 2.05) is 37.3 Å². The van der Waals surface area contributed by atoms with Crippen molar-refractivity contribution in [3.8, 4) is 5.75 Å². The van der Waals surface area contributed by atoms with Crippen LogP contribution in [0.4, 0.5) is 5.69 Å². The monoisotopic (exact) mass is 460 g/mol. The molecular formula is C23H28N2O6S. The number of carbonyl (C=O) groups is 1. The zero-order chi connectivity index (χ0) is 22.9. The van der Waals surface area contributed by atoms with Gasteiger partial charge < -0.3 is 19.9 Å². The molecule has 1 amide bonds. The van der Waals surface area contributed by atoms with Gasteiger partial charge in [-0.05, 0) is 37.1 Å². The van der Waals surface area contributed by atoms with Crippen LogP contribution in [0.15, 0.2) is 48.5 Å². The molecule has 2 heterocycles. The summed E-state index contributed by atoms with van der Waals surface area (Å²) in [6.45, 7) is 1.70. The van der Waals surface area contributed by atoms with Gasteiger partial charge in [0.05, 0.1) is 31.4 Å². The molecule has 0 unspecified atom stereocenters. The van der Waals surface area contributed by atoms with Gasteiger partial charge >= 0.3 is 0 Å². The van der Waals surface area contributed by atoms with Gasteiger partial charge in [-0.2, -0.15) is 0 Å². The van der Waals surface area contributed by atoms with Gasteiger partial charge in [0, 0.05) is 17.2 Å². The Bertz CT molecular complexity index is 1080. The number of carbonyl (C=O) groups excluding carboxylic acids is 1. The molecule has 9 heteroatoms. The number of sulfonamides is 1. The normalized spacial score (nSPS) is 25.2. The van der Waals surface area contributed by atoms with Gasteiger partial charge in [-0.15, -0.1) is 0 Å². The lowest BCUT2D eigenvalue weighted by atomic mass is 9.84. The third kappa shape index (κ3) is 5.06. The molecule has 32 heavy (non-hydrogen) atoms. The first-order valence-electron chi connectivity index (χ1n) is 10.6. The number of hydrogen-bond donors (Lipinski definition) is 3. The fourth-order valence-corrected chi connectivity index (χ4v) is 5.05. The highest BCUT2D eigenvalue weighted by Crippen LogP contribution is 2.47. The maximum Gasteiger partial charge on any atom is 0.229 e. The summed E-state index contributed by atoms with van der Waals surface area (Å²) in [4.78, 5) is 12.7. The third-order valence-electron chi connectivity index (χ3n) is 5.89. The smallest absolute Gasteiger partial charge is 0.229 e. The Morgan fingerprint density at radius 1 is 1.22 bits per heavy atom. The molecule has 5 atom stereocenters. The maximum atomic E-state index is 12.7. The number of ether oxygens (including phenoxy) is 2. The average molecular weight is 461 g/mol. The quantitative estimate of drug-likeness (QED) is 0.584. The summed E-state index contributed by atoms with van der Waals surface area (Å²) < 4.78 is 37.7. The van der Waals surface area contributed by atoms with Crippen molar-refractivity contribution in [1.82, 2.24) is 5.32 Å². The van der Waals surface area contributed by atoms with Crippen LogP contribution in [0.5, 0.6) is 5.75 Å². The molecule has 2 aliphatic heterocycles. The Morgan fingerprint density at radius 3 is 2.66 bits per heavy atom. The van der Waals surface area contributed by atoms with Crippen LogP contribution >= 0.6 is 0 Å². The number of amides is 1. The Hall–Kier alpha value is -2.62. The third-order valence-corrected chi connectivity index (χ3v) is 6.50. The Balaban J connectivity index is 1.47. The Morgan fingerprint density at radius 2 is 1.97 bits per heavy atom. The minimum Gasteiger partial charge on any atom is -0.487 e. The van der Waals surface area contributed by atoms with E-state index < -0.39 is 22.2 Å². The first-order valence-corrected chi connectivity index (χ1v) is 12.5. The summed E-state index contributed by atoms with van der Waals surface area (Å²) in [6, 6.07) is 14.7. The summed E-state index contributed by atoms with van der Waals surface area (Å²) in [5.41, 5.74) is 2.32. The minimum absolute atomic E-state index is 0.110. The lowest BCUT2D eigenvalue weighted by molar-refractivity contribution is -0.142. The molecule has 0 aromatic heterocycles. The highest BCUT2D eigenvalue weighted by molar-refractivity contribution is 7.92. The van der Waals surface area contributed by atoms with E-state index in [4.69, 9.17) is 9.47 Å². The number of fused-ring (bicyclic) bond motifs is 3. The van der Waals surface area contributed by atoms with Crippen LogP contribution < -0.4 is 14.8 Å². The number of rotatable bonds is 7. The molecular weight excluding hydrogens is 432 g/mol. The second kappa shape index (κ2) is 9.09. The standard InChI is InChI=1S/C23H28N2O6S/c1-14(15-6-4-3-5-7-15)24-22(27)12-17-11-19-18-10-16(25-32(2,28)29)8-9-20(18)31-23(19)21(13-26)30-17/h3-10,14,17,19,21,23,25-26H,11-13H2,1-2H3,(H,24,27)/t14-,17+,19+,21-,23-/m1/s1. The second-order valence-corrected chi connectivity index (χ2v) is 10.2. The van der Waals surface area contributed by atoms with E-state index in [1.165, 1.54) is 0 Å². The van der Waals surface area contributed by atoms with Crippen molar-refractivity contribution in [2.75, 3.05) is 17.6 Å². The fraction of sp³-hybridized carbons (Fsp3) is 0.435. The van der Waals surface area contributed by atoms with Crippen molar-refractivity contribution in [3.05, 3.63) is 59.7 Å². The summed E-state index contributed by atoms with van der Waals surface area (Å²) >= 11 is 0. The lowest BCUT2D eigenvalue weighted by Gasteiger charge is -2.37. The van der Waals surface area contributed by atoms with Gasteiger partial charge in [-0.3, -0.25) is 9.52 Å². The maximum absolute atomic E-state index is 12.7. The highest BCUT2D eigenvalue weighted by atomic mass is 32.2. The van der Waals surface area contributed by atoms with Gasteiger partial charge in [-0.25, -0.2) is 8.42 Å². The van der Waals surface area contributed by atoms with Crippen LogP contribution in [-0.4, -0.2) is 50.6 Å². The number of anilines is 1. The molecule has 3 N–H and O–H groups in total. The predicted octanol–water partition coefficient (Wildman–Crippen LogP) is 2.32. The van der Waals surface area contributed by atoms with E-state index in [9.17, 15) is 18.3 Å². The number of hydrogen-bond acceptors (Lipinski definition) is 6. The molecule has 0 saturated carbocycles. The van der Waals surface area contributed by atoms with Crippen molar-refractivity contribution in [1.29, 1.82) is 0 Å². The van der Waals surface area contributed by atoms with Gasteiger partial charge in [0.25, 0.3) is 0 Å². The predicted molar refractivity (Wildman–Crippen MR) is 120 cm³/mol. The number of benzene rings is 2. The zero-order valence-corrected chi connectivity index (χ0v) is 18.8. The number of nitrogens with one attached hydrogen (secondary N) is 2. The highest BCUT2D eigenvalue weighted by Gasteiger charge is 2.46. The van der Waals surface area contributed by atoms with Gasteiger partial charge in [-0.1, -0.05) is 30.3 Å². The van der Waals surface area contributed by atoms with Crippen molar-refractivity contribution < 1.29 is 27.8 Å². The summed E-state index contributed by atoms with van der Waals surface area (Å²) in [5.74, 6) is 0.401. The molecule has 2 aromatic carbocycles. The lowest BCUT2D eigenvalue weighted by Crippen LogP contribution is -2.47. The van der Waals surface area contributed by atoms with Gasteiger partial charge in [0.2, 0.25) is 15.9 Å². The molecule has 0 aliphatic carbocycles. The van der Waals surface area contributed by atoms with Crippen LogP contribution in [0, 0.1) is 0 Å². The van der Waals surface area contributed by atoms with Crippen LogP contribution in [0.2, 0.25) is 0 Å². The largest absolute Gasteiger partial charge is 0.487 e. The van der Waals surface area contributed by atoms with Crippen molar-refractivity contribution >= 4 is 21.6 Å².